The van der Waals surface area contributed by atoms with Crippen LogP contribution >= 0.6 is 0 Å². The minimum atomic E-state index is 0.256. The van der Waals surface area contributed by atoms with Crippen molar-refractivity contribution in [1.82, 2.24) is 0 Å². The molecule has 76 valence electrons. The first-order chi connectivity index (χ1) is 6.68. The van der Waals surface area contributed by atoms with Crippen molar-refractivity contribution < 1.29 is 0 Å². The van der Waals surface area contributed by atoms with Crippen LogP contribution in [0.5, 0.6) is 0 Å². The van der Waals surface area contributed by atoms with Crippen LogP contribution in [0.15, 0.2) is 24.3 Å². The molecule has 1 fully saturated rings. The fourth-order valence-electron chi connectivity index (χ4n) is 1.72. The zero-order valence-electron chi connectivity index (χ0n) is 8.90. The molecule has 0 aliphatic heterocycles. The molecule has 1 aliphatic carbocycles. The van der Waals surface area contributed by atoms with Gasteiger partial charge in [-0.1, -0.05) is 12.1 Å². The Labute approximate surface area is 85.7 Å². The molecule has 1 aliphatic rings. The fraction of sp³-hybridized carbons (Fsp3) is 0.500. The third-order valence-corrected chi connectivity index (χ3v) is 2.92. The molecule has 0 radical (unpaired) electrons. The van der Waals surface area contributed by atoms with Crippen LogP contribution in [-0.4, -0.2) is 14.1 Å². The van der Waals surface area contributed by atoms with Gasteiger partial charge in [-0.3, -0.25) is 0 Å². The van der Waals surface area contributed by atoms with E-state index < -0.39 is 0 Å². The Hall–Kier alpha value is -1.02. The number of anilines is 1. The molecule has 14 heavy (non-hydrogen) atoms. The van der Waals surface area contributed by atoms with Gasteiger partial charge in [-0.2, -0.15) is 0 Å². The van der Waals surface area contributed by atoms with E-state index in [-0.39, 0.29) is 6.04 Å². The van der Waals surface area contributed by atoms with E-state index in [9.17, 15) is 0 Å². The first kappa shape index (κ1) is 9.53. The molecule has 0 bridgehead atoms. The van der Waals surface area contributed by atoms with Gasteiger partial charge in [0.05, 0.1) is 0 Å². The SMILES string of the molecule is CN(C)c1ccc(C(N)C2CC2)cc1. The van der Waals surface area contributed by atoms with Crippen molar-refractivity contribution in [2.45, 2.75) is 18.9 Å². The van der Waals surface area contributed by atoms with E-state index in [4.69, 9.17) is 5.73 Å². The number of benzene rings is 1. The maximum Gasteiger partial charge on any atom is 0.0361 e. The highest BCUT2D eigenvalue weighted by atomic mass is 15.1. The molecule has 2 N–H and O–H groups in total. The van der Waals surface area contributed by atoms with Crippen LogP contribution in [0.2, 0.25) is 0 Å². The molecule has 0 amide bonds. The van der Waals surface area contributed by atoms with E-state index in [1.807, 2.05) is 0 Å². The average Bonchev–Trinajstić information content (AvgIpc) is 3.00. The molecule has 2 heteroatoms. The molecule has 0 spiro atoms. The van der Waals surface area contributed by atoms with E-state index in [1.165, 1.54) is 24.1 Å². The second-order valence-corrected chi connectivity index (χ2v) is 4.35. The third kappa shape index (κ3) is 1.90. The first-order valence-electron chi connectivity index (χ1n) is 5.21. The Bertz CT molecular complexity index is 299. The summed E-state index contributed by atoms with van der Waals surface area (Å²) in [5, 5.41) is 0. The molecule has 0 aromatic heterocycles. The number of hydrogen-bond acceptors (Lipinski definition) is 2. The van der Waals surface area contributed by atoms with Crippen LogP contribution in [0, 0.1) is 5.92 Å². The highest BCUT2D eigenvalue weighted by molar-refractivity contribution is 5.46. The minimum Gasteiger partial charge on any atom is -0.378 e. The Morgan fingerprint density at radius 3 is 2.21 bits per heavy atom. The van der Waals surface area contributed by atoms with E-state index >= 15 is 0 Å². The van der Waals surface area contributed by atoms with Gasteiger partial charge in [-0.15, -0.1) is 0 Å². The van der Waals surface area contributed by atoms with Crippen molar-refractivity contribution in [2.75, 3.05) is 19.0 Å². The van der Waals surface area contributed by atoms with Gasteiger partial charge in [0.15, 0.2) is 0 Å². The second-order valence-electron chi connectivity index (χ2n) is 4.35. The van der Waals surface area contributed by atoms with E-state index in [2.05, 4.69) is 43.3 Å². The molecule has 1 unspecified atom stereocenters. The molecule has 1 aromatic rings. The maximum absolute atomic E-state index is 6.11. The lowest BCUT2D eigenvalue weighted by atomic mass is 10.0. The molecular formula is C12H18N2. The summed E-state index contributed by atoms with van der Waals surface area (Å²) >= 11 is 0. The topological polar surface area (TPSA) is 29.3 Å². The standard InChI is InChI=1S/C12H18N2/c1-14(2)11-7-5-10(6-8-11)12(13)9-3-4-9/h5-9,12H,3-4,13H2,1-2H3. The lowest BCUT2D eigenvalue weighted by Crippen LogP contribution is -2.13. The van der Waals surface area contributed by atoms with Gasteiger partial charge in [0, 0.05) is 25.8 Å². The molecule has 1 atom stereocenters. The van der Waals surface area contributed by atoms with Crippen LogP contribution in [0.1, 0.15) is 24.4 Å². The van der Waals surface area contributed by atoms with Gasteiger partial charge in [0.1, 0.15) is 0 Å². The van der Waals surface area contributed by atoms with Gasteiger partial charge in [-0.25, -0.2) is 0 Å². The lowest BCUT2D eigenvalue weighted by molar-refractivity contribution is 0.633. The summed E-state index contributed by atoms with van der Waals surface area (Å²) in [7, 11) is 4.10. The number of nitrogens with zero attached hydrogens (tertiary/aromatic N) is 1. The number of nitrogens with two attached hydrogens (primary N) is 1. The van der Waals surface area contributed by atoms with Gasteiger partial charge in [0.2, 0.25) is 0 Å². The third-order valence-electron chi connectivity index (χ3n) is 2.92. The number of rotatable bonds is 3. The summed E-state index contributed by atoms with van der Waals surface area (Å²) in [6, 6.07) is 8.83. The summed E-state index contributed by atoms with van der Waals surface area (Å²) in [6.45, 7) is 0. The summed E-state index contributed by atoms with van der Waals surface area (Å²) in [6.07, 6.45) is 2.60. The molecular weight excluding hydrogens is 172 g/mol. The minimum absolute atomic E-state index is 0.256. The summed E-state index contributed by atoms with van der Waals surface area (Å²) in [5.41, 5.74) is 8.62. The smallest absolute Gasteiger partial charge is 0.0361 e. The maximum atomic E-state index is 6.11. The van der Waals surface area contributed by atoms with E-state index in [1.54, 1.807) is 0 Å². The van der Waals surface area contributed by atoms with Crippen molar-refractivity contribution >= 4 is 5.69 Å². The molecule has 2 nitrogen and oxygen atoms in total. The number of hydrogen-bond donors (Lipinski definition) is 1. The van der Waals surface area contributed by atoms with Gasteiger partial charge in [-0.05, 0) is 36.5 Å². The van der Waals surface area contributed by atoms with Crippen LogP contribution in [-0.2, 0) is 0 Å². The van der Waals surface area contributed by atoms with Crippen molar-refractivity contribution in [3.63, 3.8) is 0 Å². The highest BCUT2D eigenvalue weighted by Crippen LogP contribution is 2.39. The fourth-order valence-corrected chi connectivity index (χ4v) is 1.72. The van der Waals surface area contributed by atoms with Crippen LogP contribution < -0.4 is 10.6 Å². The van der Waals surface area contributed by atoms with Gasteiger partial charge in [0.25, 0.3) is 0 Å². The summed E-state index contributed by atoms with van der Waals surface area (Å²) in [4.78, 5) is 2.10. The molecule has 0 heterocycles. The quantitative estimate of drug-likeness (QED) is 0.791. The van der Waals surface area contributed by atoms with Crippen LogP contribution in [0.4, 0.5) is 5.69 Å². The van der Waals surface area contributed by atoms with Crippen LogP contribution in [0.3, 0.4) is 0 Å². The molecule has 1 aromatic carbocycles. The van der Waals surface area contributed by atoms with Gasteiger partial charge < -0.3 is 10.6 Å². The first-order valence-corrected chi connectivity index (χ1v) is 5.21. The molecule has 0 saturated heterocycles. The Kier molecular flexibility index (Phi) is 2.46. The zero-order chi connectivity index (χ0) is 10.1. The normalized spacial score (nSPS) is 17.9. The summed E-state index contributed by atoms with van der Waals surface area (Å²) in [5.74, 6) is 0.736. The second kappa shape index (κ2) is 3.62. The van der Waals surface area contributed by atoms with E-state index in [0.717, 1.165) is 5.92 Å². The van der Waals surface area contributed by atoms with E-state index in [0.29, 0.717) is 0 Å². The van der Waals surface area contributed by atoms with Crippen molar-refractivity contribution in [1.29, 1.82) is 0 Å². The lowest BCUT2D eigenvalue weighted by Gasteiger charge is -2.15. The van der Waals surface area contributed by atoms with Crippen molar-refractivity contribution in [2.24, 2.45) is 11.7 Å². The largest absolute Gasteiger partial charge is 0.378 e. The molecule has 2 rings (SSSR count). The zero-order valence-corrected chi connectivity index (χ0v) is 8.90. The Balaban J connectivity index is 2.12. The average molecular weight is 190 g/mol. The predicted octanol–water partition coefficient (Wildman–Crippen LogP) is 2.16. The monoisotopic (exact) mass is 190 g/mol. The van der Waals surface area contributed by atoms with Crippen molar-refractivity contribution in [3.8, 4) is 0 Å². The molecule has 1 saturated carbocycles. The van der Waals surface area contributed by atoms with Gasteiger partial charge >= 0.3 is 0 Å². The highest BCUT2D eigenvalue weighted by Gasteiger charge is 2.29. The Morgan fingerprint density at radius 2 is 1.79 bits per heavy atom. The van der Waals surface area contributed by atoms with Crippen molar-refractivity contribution in [3.05, 3.63) is 29.8 Å². The predicted molar refractivity (Wildman–Crippen MR) is 60.4 cm³/mol. The summed E-state index contributed by atoms with van der Waals surface area (Å²) < 4.78 is 0. The van der Waals surface area contributed by atoms with Crippen LogP contribution in [0.25, 0.3) is 0 Å². The Morgan fingerprint density at radius 1 is 1.21 bits per heavy atom.